The Morgan fingerprint density at radius 2 is 2.00 bits per heavy atom. The maximum Gasteiger partial charge on any atom is 0.224 e. The SMILES string of the molecule is CC(=O)N(c1ccccc1)[C@H]1S[C@H]2C=C[C@@H]1CC2. The number of para-hydroxylation sites is 1. The van der Waals surface area contributed by atoms with E-state index in [4.69, 9.17) is 0 Å². The van der Waals surface area contributed by atoms with Crippen LogP contribution >= 0.6 is 11.8 Å². The topological polar surface area (TPSA) is 20.3 Å². The van der Waals surface area contributed by atoms with Gasteiger partial charge in [-0.05, 0) is 25.0 Å². The highest BCUT2D eigenvalue weighted by Crippen LogP contribution is 2.44. The summed E-state index contributed by atoms with van der Waals surface area (Å²) in [5.41, 5.74) is 1.02. The van der Waals surface area contributed by atoms with E-state index in [0.717, 1.165) is 5.69 Å². The zero-order valence-corrected chi connectivity index (χ0v) is 11.3. The Kier molecular flexibility index (Phi) is 3.16. The number of rotatable bonds is 2. The van der Waals surface area contributed by atoms with Gasteiger partial charge in [0.15, 0.2) is 0 Å². The van der Waals surface area contributed by atoms with Crippen molar-refractivity contribution in [1.82, 2.24) is 0 Å². The summed E-state index contributed by atoms with van der Waals surface area (Å²) in [7, 11) is 0. The minimum Gasteiger partial charge on any atom is -0.300 e. The molecule has 0 aromatic heterocycles. The lowest BCUT2D eigenvalue weighted by molar-refractivity contribution is -0.116. The Labute approximate surface area is 112 Å². The van der Waals surface area contributed by atoms with Crippen LogP contribution < -0.4 is 4.90 Å². The van der Waals surface area contributed by atoms with Crippen LogP contribution in [0.1, 0.15) is 19.8 Å². The van der Waals surface area contributed by atoms with E-state index < -0.39 is 0 Å². The molecule has 2 nitrogen and oxygen atoms in total. The van der Waals surface area contributed by atoms with Crippen molar-refractivity contribution in [3.63, 3.8) is 0 Å². The number of fused-ring (bicyclic) bond motifs is 2. The van der Waals surface area contributed by atoms with Gasteiger partial charge >= 0.3 is 0 Å². The standard InChI is InChI=1S/C15H17NOS/c1-11(17)16(13-5-3-2-4-6-13)15-12-7-9-14(18-15)10-8-12/h2-7,9,12,14-15H,8,10H2,1H3/t12-,14+,15+/m1/s1. The summed E-state index contributed by atoms with van der Waals surface area (Å²) >= 11 is 1.93. The molecule has 94 valence electrons. The molecule has 3 atom stereocenters. The molecule has 1 fully saturated rings. The van der Waals surface area contributed by atoms with Crippen LogP contribution in [0.3, 0.4) is 0 Å². The molecule has 0 N–H and O–H groups in total. The fourth-order valence-corrected chi connectivity index (χ4v) is 4.43. The molecule has 1 aromatic carbocycles. The van der Waals surface area contributed by atoms with Crippen LogP contribution in [0.2, 0.25) is 0 Å². The van der Waals surface area contributed by atoms with Gasteiger partial charge in [0.25, 0.3) is 0 Å². The van der Waals surface area contributed by atoms with Crippen molar-refractivity contribution in [3.8, 4) is 0 Å². The Morgan fingerprint density at radius 1 is 1.22 bits per heavy atom. The van der Waals surface area contributed by atoms with Crippen LogP contribution in [0.4, 0.5) is 5.69 Å². The number of hydrogen-bond acceptors (Lipinski definition) is 2. The number of carbonyl (C=O) groups excluding carboxylic acids is 1. The molecule has 3 heteroatoms. The van der Waals surface area contributed by atoms with Gasteiger partial charge in [-0.1, -0.05) is 30.4 Å². The molecule has 18 heavy (non-hydrogen) atoms. The summed E-state index contributed by atoms with van der Waals surface area (Å²) in [4.78, 5) is 14.0. The molecular weight excluding hydrogens is 242 g/mol. The summed E-state index contributed by atoms with van der Waals surface area (Å²) in [6, 6.07) is 10.0. The highest BCUT2D eigenvalue weighted by molar-refractivity contribution is 8.00. The predicted octanol–water partition coefficient (Wildman–Crippen LogP) is 3.45. The second kappa shape index (κ2) is 4.81. The Balaban J connectivity index is 1.92. The first-order chi connectivity index (χ1) is 8.75. The molecule has 0 saturated carbocycles. The van der Waals surface area contributed by atoms with E-state index in [0.29, 0.717) is 11.2 Å². The molecule has 2 aliphatic heterocycles. The summed E-state index contributed by atoms with van der Waals surface area (Å²) in [6.07, 6.45) is 7.06. The number of amides is 1. The number of hydrogen-bond donors (Lipinski definition) is 0. The molecule has 2 heterocycles. The van der Waals surface area contributed by atoms with E-state index in [9.17, 15) is 4.79 Å². The van der Waals surface area contributed by atoms with Crippen LogP contribution in [0, 0.1) is 5.92 Å². The quantitative estimate of drug-likeness (QED) is 0.758. The lowest BCUT2D eigenvalue weighted by Gasteiger charge is -2.43. The van der Waals surface area contributed by atoms with Crippen LogP contribution in [0.25, 0.3) is 0 Å². The van der Waals surface area contributed by atoms with E-state index in [-0.39, 0.29) is 11.3 Å². The largest absolute Gasteiger partial charge is 0.300 e. The lowest BCUT2D eigenvalue weighted by Crippen LogP contribution is -2.46. The Hall–Kier alpha value is -1.22. The van der Waals surface area contributed by atoms with Gasteiger partial charge in [0, 0.05) is 23.8 Å². The average Bonchev–Trinajstić information content (AvgIpc) is 2.41. The second-order valence-corrected chi connectivity index (χ2v) is 6.28. The molecule has 0 unspecified atom stereocenters. The first-order valence-corrected chi connectivity index (χ1v) is 7.38. The minimum absolute atomic E-state index is 0.139. The van der Waals surface area contributed by atoms with Gasteiger partial charge < -0.3 is 0 Å². The van der Waals surface area contributed by atoms with E-state index in [1.54, 1.807) is 6.92 Å². The molecule has 1 amide bonds. The van der Waals surface area contributed by atoms with Gasteiger partial charge in [0.1, 0.15) is 0 Å². The third-order valence-corrected chi connectivity index (χ3v) is 5.25. The predicted molar refractivity (Wildman–Crippen MR) is 76.6 cm³/mol. The molecule has 1 aromatic rings. The fourth-order valence-electron chi connectivity index (χ4n) is 2.80. The molecule has 1 aliphatic carbocycles. The third kappa shape index (κ3) is 2.07. The van der Waals surface area contributed by atoms with Gasteiger partial charge in [-0.25, -0.2) is 0 Å². The average molecular weight is 259 g/mol. The van der Waals surface area contributed by atoms with E-state index in [2.05, 4.69) is 12.2 Å². The van der Waals surface area contributed by atoms with Gasteiger partial charge in [-0.2, -0.15) is 0 Å². The monoisotopic (exact) mass is 259 g/mol. The molecule has 2 bridgehead atoms. The van der Waals surface area contributed by atoms with Crippen molar-refractivity contribution >= 4 is 23.4 Å². The number of anilines is 1. The van der Waals surface area contributed by atoms with Crippen LogP contribution in [0.5, 0.6) is 0 Å². The lowest BCUT2D eigenvalue weighted by atomic mass is 9.93. The molecule has 0 spiro atoms. The van der Waals surface area contributed by atoms with E-state index in [1.165, 1.54) is 12.8 Å². The maximum absolute atomic E-state index is 12.0. The number of benzene rings is 1. The first kappa shape index (κ1) is 11.8. The summed E-state index contributed by atoms with van der Waals surface area (Å²) in [6.45, 7) is 1.67. The molecule has 1 saturated heterocycles. The highest BCUT2D eigenvalue weighted by atomic mass is 32.2. The molecule has 3 aliphatic rings. The fraction of sp³-hybridized carbons (Fsp3) is 0.400. The number of thioether (sulfide) groups is 1. The van der Waals surface area contributed by atoms with E-state index >= 15 is 0 Å². The molecule has 4 rings (SSSR count). The normalized spacial score (nSPS) is 29.3. The summed E-state index contributed by atoms with van der Waals surface area (Å²) in [5, 5.41) is 0.860. The number of nitrogens with zero attached hydrogens (tertiary/aromatic N) is 1. The van der Waals surface area contributed by atoms with Crippen molar-refractivity contribution in [2.24, 2.45) is 5.92 Å². The number of carbonyl (C=O) groups is 1. The first-order valence-electron chi connectivity index (χ1n) is 6.44. The molecular formula is C15H17NOS. The van der Waals surface area contributed by atoms with Crippen molar-refractivity contribution in [2.75, 3.05) is 4.90 Å². The maximum atomic E-state index is 12.0. The van der Waals surface area contributed by atoms with Gasteiger partial charge in [0.2, 0.25) is 5.91 Å². The Morgan fingerprint density at radius 3 is 2.50 bits per heavy atom. The smallest absolute Gasteiger partial charge is 0.224 e. The molecule has 0 radical (unpaired) electrons. The van der Waals surface area contributed by atoms with Crippen molar-refractivity contribution in [1.29, 1.82) is 0 Å². The second-order valence-electron chi connectivity index (χ2n) is 4.92. The van der Waals surface area contributed by atoms with Crippen molar-refractivity contribution in [2.45, 2.75) is 30.4 Å². The highest BCUT2D eigenvalue weighted by Gasteiger charge is 2.37. The Bertz CT molecular complexity index is 471. The van der Waals surface area contributed by atoms with Crippen molar-refractivity contribution < 1.29 is 4.79 Å². The van der Waals surface area contributed by atoms with Gasteiger partial charge in [-0.3, -0.25) is 9.69 Å². The van der Waals surface area contributed by atoms with E-state index in [1.807, 2.05) is 47.0 Å². The zero-order valence-electron chi connectivity index (χ0n) is 10.5. The third-order valence-electron chi connectivity index (χ3n) is 3.67. The summed E-state index contributed by atoms with van der Waals surface area (Å²) in [5.74, 6) is 0.642. The minimum atomic E-state index is 0.139. The van der Waals surface area contributed by atoms with Crippen LogP contribution in [-0.4, -0.2) is 16.5 Å². The van der Waals surface area contributed by atoms with Crippen molar-refractivity contribution in [3.05, 3.63) is 42.5 Å². The van der Waals surface area contributed by atoms with Crippen LogP contribution in [-0.2, 0) is 4.79 Å². The van der Waals surface area contributed by atoms with Crippen LogP contribution in [0.15, 0.2) is 42.5 Å². The zero-order chi connectivity index (χ0) is 12.5. The summed E-state index contributed by atoms with van der Waals surface area (Å²) < 4.78 is 0. The van der Waals surface area contributed by atoms with Gasteiger partial charge in [0.05, 0.1) is 5.37 Å². The van der Waals surface area contributed by atoms with Gasteiger partial charge in [-0.15, -0.1) is 11.8 Å².